The summed E-state index contributed by atoms with van der Waals surface area (Å²) in [5.74, 6) is 0. The Labute approximate surface area is 176 Å². The molecular weight excluding hydrogens is 395 g/mol. The highest BCUT2D eigenvalue weighted by atomic mass is 32.1. The van der Waals surface area contributed by atoms with Crippen molar-refractivity contribution < 1.29 is 4.39 Å². The van der Waals surface area contributed by atoms with Gasteiger partial charge in [-0.15, -0.1) is 11.3 Å². The Hall–Kier alpha value is -3.77. The standard InChI is InChI=1S/C24H17FN4S/c25-23-10-9-22(30-23)15-4-3-6-20-16(15)13-21(29-20)24(27)17-12-14(7-8-18(17)26)19-5-1-2-11-28-19/h1-13,27,29H,26H2. The third kappa shape index (κ3) is 3.17. The van der Waals surface area contributed by atoms with Gasteiger partial charge >= 0.3 is 0 Å². The van der Waals surface area contributed by atoms with Crippen molar-refractivity contribution >= 4 is 33.6 Å². The summed E-state index contributed by atoms with van der Waals surface area (Å²) in [7, 11) is 0. The zero-order valence-corrected chi connectivity index (χ0v) is 16.6. The first-order valence-corrected chi connectivity index (χ1v) is 10.2. The number of pyridine rings is 1. The highest BCUT2D eigenvalue weighted by molar-refractivity contribution is 7.14. The number of nitrogens with two attached hydrogens (primary N) is 1. The number of anilines is 1. The highest BCUT2D eigenvalue weighted by Gasteiger charge is 2.15. The third-order valence-electron chi connectivity index (χ3n) is 5.06. The topological polar surface area (TPSA) is 78.5 Å². The van der Waals surface area contributed by atoms with Crippen LogP contribution in [0.1, 0.15) is 11.3 Å². The van der Waals surface area contributed by atoms with Gasteiger partial charge in [0.15, 0.2) is 5.13 Å². The van der Waals surface area contributed by atoms with Gasteiger partial charge in [0.2, 0.25) is 0 Å². The fourth-order valence-electron chi connectivity index (χ4n) is 3.57. The van der Waals surface area contributed by atoms with E-state index < -0.39 is 0 Å². The Kier molecular flexibility index (Phi) is 4.41. The highest BCUT2D eigenvalue weighted by Crippen LogP contribution is 2.34. The summed E-state index contributed by atoms with van der Waals surface area (Å²) in [6, 6.07) is 22.3. The molecule has 0 aliphatic heterocycles. The normalized spacial score (nSPS) is 11.1. The molecule has 0 fully saturated rings. The van der Waals surface area contributed by atoms with Gasteiger partial charge in [0.25, 0.3) is 0 Å². The number of fused-ring (bicyclic) bond motifs is 1. The Morgan fingerprint density at radius 1 is 1.00 bits per heavy atom. The number of hydrogen-bond donors (Lipinski definition) is 3. The summed E-state index contributed by atoms with van der Waals surface area (Å²) in [4.78, 5) is 8.55. The predicted octanol–water partition coefficient (Wildman–Crippen LogP) is 6.10. The number of benzene rings is 2. The maximum absolute atomic E-state index is 13.5. The maximum atomic E-state index is 13.5. The lowest BCUT2D eigenvalue weighted by Crippen LogP contribution is -2.06. The SMILES string of the molecule is N=C(c1cc2c(-c3ccc(F)s3)cccc2[nH]1)c1cc(-c2ccccn2)ccc1N. The monoisotopic (exact) mass is 412 g/mol. The molecule has 0 atom stereocenters. The van der Waals surface area contributed by atoms with Gasteiger partial charge in [-0.2, -0.15) is 4.39 Å². The smallest absolute Gasteiger partial charge is 0.176 e. The number of halogens is 1. The molecular formula is C24H17FN4S. The van der Waals surface area contributed by atoms with Crippen LogP contribution >= 0.6 is 11.3 Å². The zero-order chi connectivity index (χ0) is 20.7. The van der Waals surface area contributed by atoms with E-state index >= 15 is 0 Å². The van der Waals surface area contributed by atoms with Crippen LogP contribution in [0.3, 0.4) is 0 Å². The number of aromatic amines is 1. The molecule has 3 heterocycles. The molecule has 0 spiro atoms. The van der Waals surface area contributed by atoms with E-state index in [0.717, 1.165) is 43.9 Å². The molecule has 2 aromatic carbocycles. The second-order valence-corrected chi connectivity index (χ2v) is 7.98. The van der Waals surface area contributed by atoms with Crippen molar-refractivity contribution in [3.8, 4) is 21.7 Å². The van der Waals surface area contributed by atoms with E-state index in [-0.39, 0.29) is 5.13 Å². The van der Waals surface area contributed by atoms with E-state index in [1.807, 2.05) is 54.6 Å². The Balaban J connectivity index is 1.59. The van der Waals surface area contributed by atoms with Crippen molar-refractivity contribution in [1.82, 2.24) is 9.97 Å². The quantitative estimate of drug-likeness (QED) is 0.246. The number of hydrogen-bond acceptors (Lipinski definition) is 4. The van der Waals surface area contributed by atoms with Gasteiger partial charge in [-0.25, -0.2) is 0 Å². The van der Waals surface area contributed by atoms with Crippen molar-refractivity contribution in [3.05, 3.63) is 95.4 Å². The second-order valence-electron chi connectivity index (χ2n) is 6.95. The van der Waals surface area contributed by atoms with E-state index in [2.05, 4.69) is 9.97 Å². The maximum Gasteiger partial charge on any atom is 0.176 e. The van der Waals surface area contributed by atoms with Crippen LogP contribution in [0.2, 0.25) is 0 Å². The zero-order valence-electron chi connectivity index (χ0n) is 15.8. The summed E-state index contributed by atoms with van der Waals surface area (Å²) in [5.41, 5.74) is 11.9. The van der Waals surface area contributed by atoms with E-state index in [4.69, 9.17) is 11.1 Å². The van der Waals surface area contributed by atoms with Gasteiger partial charge in [0, 0.05) is 44.4 Å². The third-order valence-corrected chi connectivity index (χ3v) is 5.96. The van der Waals surface area contributed by atoms with Gasteiger partial charge in [-0.05, 0) is 48.5 Å². The Morgan fingerprint density at radius 3 is 2.67 bits per heavy atom. The Morgan fingerprint density at radius 2 is 1.90 bits per heavy atom. The minimum absolute atomic E-state index is 0.218. The van der Waals surface area contributed by atoms with Crippen LogP contribution in [-0.2, 0) is 0 Å². The lowest BCUT2D eigenvalue weighted by molar-refractivity contribution is 0.657. The van der Waals surface area contributed by atoms with Crippen LogP contribution in [-0.4, -0.2) is 15.7 Å². The first-order valence-electron chi connectivity index (χ1n) is 9.38. The summed E-state index contributed by atoms with van der Waals surface area (Å²) in [5, 5.41) is 9.52. The van der Waals surface area contributed by atoms with Crippen LogP contribution in [0.25, 0.3) is 32.6 Å². The first-order chi connectivity index (χ1) is 14.6. The number of thiophene rings is 1. The van der Waals surface area contributed by atoms with Gasteiger partial charge in [-0.1, -0.05) is 24.3 Å². The Bertz CT molecular complexity index is 1390. The average Bonchev–Trinajstić information content (AvgIpc) is 3.40. The largest absolute Gasteiger partial charge is 0.398 e. The number of aromatic nitrogens is 2. The molecule has 0 saturated heterocycles. The van der Waals surface area contributed by atoms with E-state index in [9.17, 15) is 4.39 Å². The molecule has 30 heavy (non-hydrogen) atoms. The summed E-state index contributed by atoms with van der Waals surface area (Å²) in [6.07, 6.45) is 1.74. The van der Waals surface area contributed by atoms with Crippen LogP contribution < -0.4 is 5.73 Å². The van der Waals surface area contributed by atoms with Gasteiger partial charge in [0.1, 0.15) is 0 Å². The summed E-state index contributed by atoms with van der Waals surface area (Å²) >= 11 is 1.11. The molecule has 4 N–H and O–H groups in total. The van der Waals surface area contributed by atoms with Gasteiger partial charge in [0.05, 0.1) is 17.1 Å². The van der Waals surface area contributed by atoms with Gasteiger partial charge < -0.3 is 10.7 Å². The molecule has 0 amide bonds. The first kappa shape index (κ1) is 18.3. The lowest BCUT2D eigenvalue weighted by Gasteiger charge is -2.09. The van der Waals surface area contributed by atoms with E-state index in [1.165, 1.54) is 6.07 Å². The molecule has 146 valence electrons. The second kappa shape index (κ2) is 7.24. The molecule has 3 aromatic heterocycles. The molecule has 0 bridgehead atoms. The molecule has 0 saturated carbocycles. The number of rotatable bonds is 4. The molecule has 5 aromatic rings. The van der Waals surface area contributed by atoms with Crippen LogP contribution in [0.4, 0.5) is 10.1 Å². The lowest BCUT2D eigenvalue weighted by atomic mass is 10.00. The number of H-pyrrole nitrogens is 1. The van der Waals surface area contributed by atoms with Crippen molar-refractivity contribution in [1.29, 1.82) is 5.41 Å². The van der Waals surface area contributed by atoms with E-state index in [0.29, 0.717) is 22.7 Å². The van der Waals surface area contributed by atoms with E-state index in [1.54, 1.807) is 18.3 Å². The molecule has 0 unspecified atom stereocenters. The fraction of sp³-hybridized carbons (Fsp3) is 0. The van der Waals surface area contributed by atoms with Crippen molar-refractivity contribution in [3.63, 3.8) is 0 Å². The molecule has 6 heteroatoms. The van der Waals surface area contributed by atoms with Gasteiger partial charge in [-0.3, -0.25) is 10.4 Å². The number of nitrogens with zero attached hydrogens (tertiary/aromatic N) is 1. The summed E-state index contributed by atoms with van der Waals surface area (Å²) < 4.78 is 13.5. The van der Waals surface area contributed by atoms with Crippen molar-refractivity contribution in [2.75, 3.05) is 5.73 Å². The molecule has 5 rings (SSSR count). The van der Waals surface area contributed by atoms with Crippen LogP contribution in [0, 0.1) is 10.5 Å². The summed E-state index contributed by atoms with van der Waals surface area (Å²) in [6.45, 7) is 0. The van der Waals surface area contributed by atoms with Crippen LogP contribution in [0.5, 0.6) is 0 Å². The number of nitrogens with one attached hydrogen (secondary N) is 2. The minimum Gasteiger partial charge on any atom is -0.398 e. The average molecular weight is 412 g/mol. The number of nitrogen functional groups attached to an aromatic ring is 1. The predicted molar refractivity (Wildman–Crippen MR) is 122 cm³/mol. The molecule has 4 nitrogen and oxygen atoms in total. The minimum atomic E-state index is -0.218. The fourth-order valence-corrected chi connectivity index (χ4v) is 4.34. The molecule has 0 radical (unpaired) electrons. The molecule has 0 aliphatic carbocycles. The van der Waals surface area contributed by atoms with Crippen LogP contribution in [0.15, 0.2) is 79.0 Å². The van der Waals surface area contributed by atoms with Crippen molar-refractivity contribution in [2.45, 2.75) is 0 Å². The van der Waals surface area contributed by atoms with Crippen molar-refractivity contribution in [2.24, 2.45) is 0 Å². The molecule has 0 aliphatic rings.